The molecule has 0 radical (unpaired) electrons. The molecule has 8 heteroatoms. The van der Waals surface area contributed by atoms with Crippen LogP contribution >= 0.6 is 27.5 Å². The van der Waals surface area contributed by atoms with Crippen LogP contribution in [0.1, 0.15) is 0 Å². The summed E-state index contributed by atoms with van der Waals surface area (Å²) in [5.41, 5.74) is 0.273. The van der Waals surface area contributed by atoms with Crippen LogP contribution in [-0.4, -0.2) is 22.6 Å². The summed E-state index contributed by atoms with van der Waals surface area (Å²) in [4.78, 5) is -0.0339. The molecule has 0 aliphatic carbocycles. The van der Waals surface area contributed by atoms with Crippen molar-refractivity contribution in [2.24, 2.45) is 0 Å². The zero-order valence-corrected chi connectivity index (χ0v) is 14.9. The molecule has 0 atom stereocenters. The van der Waals surface area contributed by atoms with Gasteiger partial charge in [-0.3, -0.25) is 4.72 Å². The van der Waals surface area contributed by atoms with Gasteiger partial charge in [0.1, 0.15) is 16.4 Å². The van der Waals surface area contributed by atoms with Crippen molar-refractivity contribution in [2.75, 3.05) is 18.9 Å². The number of rotatable bonds is 5. The van der Waals surface area contributed by atoms with Crippen molar-refractivity contribution in [2.45, 2.75) is 4.90 Å². The second-order valence-electron chi connectivity index (χ2n) is 4.25. The number of sulfonamides is 1. The molecule has 0 saturated heterocycles. The van der Waals surface area contributed by atoms with E-state index in [4.69, 9.17) is 21.1 Å². The van der Waals surface area contributed by atoms with Gasteiger partial charge in [0.15, 0.2) is 0 Å². The molecule has 0 saturated carbocycles. The summed E-state index contributed by atoms with van der Waals surface area (Å²) in [7, 11) is -1.03. The van der Waals surface area contributed by atoms with Crippen molar-refractivity contribution in [3.8, 4) is 11.5 Å². The van der Waals surface area contributed by atoms with Gasteiger partial charge in [-0.15, -0.1) is 0 Å². The van der Waals surface area contributed by atoms with Crippen LogP contribution in [0.2, 0.25) is 5.02 Å². The van der Waals surface area contributed by atoms with Crippen LogP contribution in [0, 0.1) is 0 Å². The molecule has 0 aromatic heterocycles. The number of ether oxygens (including phenoxy) is 2. The highest BCUT2D eigenvalue weighted by atomic mass is 79.9. The summed E-state index contributed by atoms with van der Waals surface area (Å²) in [5.74, 6) is 0.615. The molecule has 118 valence electrons. The fourth-order valence-corrected chi connectivity index (χ4v) is 3.81. The molecule has 0 unspecified atom stereocenters. The molecule has 0 bridgehead atoms. The maximum absolute atomic E-state index is 12.6. The first-order chi connectivity index (χ1) is 10.4. The fourth-order valence-electron chi connectivity index (χ4n) is 1.77. The normalized spacial score (nSPS) is 11.1. The van der Waals surface area contributed by atoms with Crippen LogP contribution in [0.25, 0.3) is 0 Å². The van der Waals surface area contributed by atoms with Gasteiger partial charge in [0.2, 0.25) is 0 Å². The van der Waals surface area contributed by atoms with E-state index in [1.807, 2.05) is 0 Å². The number of hydrogen-bond acceptors (Lipinski definition) is 4. The minimum atomic E-state index is -3.88. The van der Waals surface area contributed by atoms with Crippen molar-refractivity contribution in [1.29, 1.82) is 0 Å². The molecular formula is C14H13BrClNO4S. The van der Waals surface area contributed by atoms with E-state index in [2.05, 4.69) is 20.7 Å². The molecule has 0 spiro atoms. The highest BCUT2D eigenvalue weighted by molar-refractivity contribution is 9.10. The largest absolute Gasteiger partial charge is 0.497 e. The lowest BCUT2D eigenvalue weighted by Gasteiger charge is -2.13. The second kappa shape index (κ2) is 6.76. The molecule has 0 heterocycles. The van der Waals surface area contributed by atoms with Gasteiger partial charge in [0.05, 0.1) is 24.9 Å². The van der Waals surface area contributed by atoms with E-state index < -0.39 is 10.0 Å². The van der Waals surface area contributed by atoms with Crippen LogP contribution < -0.4 is 14.2 Å². The average molecular weight is 407 g/mol. The Morgan fingerprint density at radius 2 is 1.82 bits per heavy atom. The van der Waals surface area contributed by atoms with Gasteiger partial charge in [0, 0.05) is 10.5 Å². The smallest absolute Gasteiger partial charge is 0.265 e. The van der Waals surface area contributed by atoms with E-state index in [0.29, 0.717) is 5.75 Å². The van der Waals surface area contributed by atoms with Gasteiger partial charge in [-0.25, -0.2) is 8.42 Å². The molecular weight excluding hydrogens is 394 g/mol. The van der Waals surface area contributed by atoms with Crippen molar-refractivity contribution in [3.63, 3.8) is 0 Å². The van der Waals surface area contributed by atoms with E-state index in [-0.39, 0.29) is 21.4 Å². The van der Waals surface area contributed by atoms with Crippen molar-refractivity contribution < 1.29 is 17.9 Å². The van der Waals surface area contributed by atoms with Gasteiger partial charge in [0.25, 0.3) is 10.0 Å². The second-order valence-corrected chi connectivity index (χ2v) is 7.22. The van der Waals surface area contributed by atoms with Gasteiger partial charge in [-0.2, -0.15) is 0 Å². The number of hydrogen-bond donors (Lipinski definition) is 1. The van der Waals surface area contributed by atoms with E-state index in [1.165, 1.54) is 26.4 Å². The first kappa shape index (κ1) is 16.9. The Morgan fingerprint density at radius 1 is 1.09 bits per heavy atom. The zero-order valence-electron chi connectivity index (χ0n) is 11.8. The van der Waals surface area contributed by atoms with Crippen molar-refractivity contribution in [1.82, 2.24) is 0 Å². The Kier molecular flexibility index (Phi) is 5.20. The van der Waals surface area contributed by atoms with E-state index in [1.54, 1.807) is 24.3 Å². The fraction of sp³-hybridized carbons (Fsp3) is 0.143. The molecule has 2 aromatic rings. The highest BCUT2D eigenvalue weighted by Gasteiger charge is 2.21. The summed E-state index contributed by atoms with van der Waals surface area (Å²) in [5, 5.41) is 0.278. The zero-order chi connectivity index (χ0) is 16.3. The third kappa shape index (κ3) is 3.66. The van der Waals surface area contributed by atoms with Crippen LogP contribution in [0.3, 0.4) is 0 Å². The summed E-state index contributed by atoms with van der Waals surface area (Å²) >= 11 is 9.31. The monoisotopic (exact) mass is 405 g/mol. The van der Waals surface area contributed by atoms with Crippen molar-refractivity contribution >= 4 is 43.2 Å². The number of anilines is 1. The third-order valence-electron chi connectivity index (χ3n) is 2.84. The van der Waals surface area contributed by atoms with E-state index in [0.717, 1.165) is 4.47 Å². The van der Waals surface area contributed by atoms with E-state index in [9.17, 15) is 8.42 Å². The van der Waals surface area contributed by atoms with Crippen LogP contribution in [-0.2, 0) is 10.0 Å². The Morgan fingerprint density at radius 3 is 2.41 bits per heavy atom. The Hall–Kier alpha value is -1.44. The number of benzene rings is 2. The van der Waals surface area contributed by atoms with E-state index >= 15 is 0 Å². The summed E-state index contributed by atoms with van der Waals surface area (Å²) < 4.78 is 38.5. The SMILES string of the molecule is COc1ccc(OC)c(S(=O)(=O)Nc2ccc(Br)cc2Cl)c1. The lowest BCUT2D eigenvalue weighted by Crippen LogP contribution is -2.14. The minimum Gasteiger partial charge on any atom is -0.497 e. The first-order valence-electron chi connectivity index (χ1n) is 6.07. The maximum Gasteiger partial charge on any atom is 0.265 e. The maximum atomic E-state index is 12.6. The van der Waals surface area contributed by atoms with Gasteiger partial charge < -0.3 is 9.47 Å². The van der Waals surface area contributed by atoms with Gasteiger partial charge in [-0.1, -0.05) is 27.5 Å². The topological polar surface area (TPSA) is 64.6 Å². The molecule has 22 heavy (non-hydrogen) atoms. The van der Waals surface area contributed by atoms with Crippen molar-refractivity contribution in [3.05, 3.63) is 45.9 Å². The quantitative estimate of drug-likeness (QED) is 0.817. The predicted octanol–water partition coefficient (Wildman–Crippen LogP) is 3.92. The first-order valence-corrected chi connectivity index (χ1v) is 8.72. The summed E-state index contributed by atoms with van der Waals surface area (Å²) in [6.07, 6.45) is 0. The number of nitrogens with one attached hydrogen (secondary N) is 1. The highest BCUT2D eigenvalue weighted by Crippen LogP contribution is 2.32. The van der Waals surface area contributed by atoms with Gasteiger partial charge in [-0.05, 0) is 30.3 Å². The third-order valence-corrected chi connectivity index (χ3v) is 5.03. The molecule has 2 aromatic carbocycles. The molecule has 2 rings (SSSR count). The molecule has 0 fully saturated rings. The molecule has 1 N–H and O–H groups in total. The molecule has 0 aliphatic rings. The van der Waals surface area contributed by atoms with Crippen LogP contribution in [0.4, 0.5) is 5.69 Å². The van der Waals surface area contributed by atoms with Crippen LogP contribution in [0.15, 0.2) is 45.8 Å². The molecule has 0 amide bonds. The lowest BCUT2D eigenvalue weighted by atomic mass is 10.3. The molecule has 5 nitrogen and oxygen atoms in total. The summed E-state index contributed by atoms with van der Waals surface area (Å²) in [6.45, 7) is 0. The number of methoxy groups -OCH3 is 2. The Balaban J connectivity index is 2.46. The average Bonchev–Trinajstić information content (AvgIpc) is 2.49. The van der Waals surface area contributed by atoms with Crippen LogP contribution in [0.5, 0.6) is 11.5 Å². The minimum absolute atomic E-state index is 0.0339. The lowest BCUT2D eigenvalue weighted by molar-refractivity contribution is 0.392. The Bertz CT molecular complexity index is 795. The van der Waals surface area contributed by atoms with Gasteiger partial charge >= 0.3 is 0 Å². The predicted molar refractivity (Wildman–Crippen MR) is 89.5 cm³/mol. The standard InChI is InChI=1S/C14H13BrClNO4S/c1-20-10-4-6-13(21-2)14(8-10)22(18,19)17-12-5-3-9(15)7-11(12)16/h3-8,17H,1-2H3. The Labute approximate surface area is 142 Å². The number of halogens is 2. The summed E-state index contributed by atoms with van der Waals surface area (Å²) in [6, 6.07) is 9.38. The molecule has 0 aliphatic heterocycles.